The molecule has 1 aromatic rings. The van der Waals surface area contributed by atoms with Crippen molar-refractivity contribution < 1.29 is 0 Å². The van der Waals surface area contributed by atoms with Crippen LogP contribution in [-0.4, -0.2) is 12.6 Å². The molecule has 1 aliphatic carbocycles. The van der Waals surface area contributed by atoms with Crippen LogP contribution in [0.2, 0.25) is 0 Å². The molecule has 1 fully saturated rings. The van der Waals surface area contributed by atoms with Gasteiger partial charge in [-0.2, -0.15) is 0 Å². The first kappa shape index (κ1) is 13.6. The molecule has 0 radical (unpaired) electrons. The Balaban J connectivity index is 1.69. The van der Waals surface area contributed by atoms with Gasteiger partial charge in [-0.3, -0.25) is 0 Å². The fraction of sp³-hybridized carbons (Fsp3) is 0.647. The highest BCUT2D eigenvalue weighted by Gasteiger charge is 2.19. The number of hydrogen-bond donors (Lipinski definition) is 1. The molecule has 1 aliphatic rings. The highest BCUT2D eigenvalue weighted by atomic mass is 14.9. The average molecular weight is 245 g/mol. The zero-order chi connectivity index (χ0) is 13.0. The third kappa shape index (κ3) is 4.45. The van der Waals surface area contributed by atoms with E-state index in [1.54, 1.807) is 0 Å². The Morgan fingerprint density at radius 1 is 1.06 bits per heavy atom. The van der Waals surface area contributed by atoms with E-state index in [0.29, 0.717) is 0 Å². The SMILES string of the molecule is CC(C)(C)c1ccc(CCCCNC2CC2)cc1. The van der Waals surface area contributed by atoms with Crippen LogP contribution < -0.4 is 5.32 Å². The number of benzene rings is 1. The summed E-state index contributed by atoms with van der Waals surface area (Å²) in [7, 11) is 0. The third-order valence-corrected chi connectivity index (χ3v) is 3.72. The number of aryl methyl sites for hydroxylation is 1. The highest BCUT2D eigenvalue weighted by molar-refractivity contribution is 5.27. The Kier molecular flexibility index (Phi) is 4.45. The van der Waals surface area contributed by atoms with Crippen LogP contribution in [0.25, 0.3) is 0 Å². The summed E-state index contributed by atoms with van der Waals surface area (Å²) in [5.41, 5.74) is 3.18. The Hall–Kier alpha value is -0.820. The molecule has 0 bridgehead atoms. The lowest BCUT2D eigenvalue weighted by molar-refractivity contribution is 0.589. The van der Waals surface area contributed by atoms with E-state index in [-0.39, 0.29) is 5.41 Å². The van der Waals surface area contributed by atoms with Crippen LogP contribution in [-0.2, 0) is 11.8 Å². The van der Waals surface area contributed by atoms with Crippen molar-refractivity contribution in [1.82, 2.24) is 5.32 Å². The van der Waals surface area contributed by atoms with Crippen LogP contribution in [0.4, 0.5) is 0 Å². The van der Waals surface area contributed by atoms with Gasteiger partial charge in [-0.25, -0.2) is 0 Å². The molecule has 2 rings (SSSR count). The van der Waals surface area contributed by atoms with Gasteiger partial charge in [0, 0.05) is 6.04 Å². The predicted molar refractivity (Wildman–Crippen MR) is 79.1 cm³/mol. The molecule has 1 saturated carbocycles. The number of hydrogen-bond acceptors (Lipinski definition) is 1. The lowest BCUT2D eigenvalue weighted by atomic mass is 9.86. The van der Waals surface area contributed by atoms with Gasteiger partial charge in [-0.1, -0.05) is 45.0 Å². The summed E-state index contributed by atoms with van der Waals surface area (Å²) in [6.45, 7) is 8.01. The van der Waals surface area contributed by atoms with Crippen LogP contribution in [0.1, 0.15) is 57.6 Å². The van der Waals surface area contributed by atoms with E-state index in [0.717, 1.165) is 6.04 Å². The van der Waals surface area contributed by atoms with Gasteiger partial charge in [-0.05, 0) is 55.2 Å². The maximum atomic E-state index is 3.57. The molecule has 1 N–H and O–H groups in total. The standard InChI is InChI=1S/C17H27N/c1-17(2,3)15-9-7-14(8-10-15)6-4-5-13-18-16-11-12-16/h7-10,16,18H,4-6,11-13H2,1-3H3. The highest BCUT2D eigenvalue weighted by Crippen LogP contribution is 2.22. The van der Waals surface area contributed by atoms with Gasteiger partial charge in [0.15, 0.2) is 0 Å². The van der Waals surface area contributed by atoms with E-state index in [9.17, 15) is 0 Å². The molecule has 1 heteroatoms. The minimum atomic E-state index is 0.271. The minimum absolute atomic E-state index is 0.271. The zero-order valence-corrected chi connectivity index (χ0v) is 12.1. The Morgan fingerprint density at radius 3 is 2.28 bits per heavy atom. The quantitative estimate of drug-likeness (QED) is 0.745. The van der Waals surface area contributed by atoms with Gasteiger partial charge < -0.3 is 5.32 Å². The second-order valence-corrected chi connectivity index (χ2v) is 6.63. The first-order valence-corrected chi connectivity index (χ1v) is 7.38. The normalized spacial score (nSPS) is 15.9. The number of unbranched alkanes of at least 4 members (excludes halogenated alkanes) is 1. The second kappa shape index (κ2) is 5.88. The summed E-state index contributed by atoms with van der Waals surface area (Å²) in [5.74, 6) is 0. The van der Waals surface area contributed by atoms with Gasteiger partial charge in [0.05, 0.1) is 0 Å². The fourth-order valence-electron chi connectivity index (χ4n) is 2.22. The largest absolute Gasteiger partial charge is 0.314 e. The monoisotopic (exact) mass is 245 g/mol. The number of rotatable bonds is 6. The molecule has 0 atom stereocenters. The molecule has 1 aromatic carbocycles. The average Bonchev–Trinajstić information content (AvgIpc) is 3.12. The van der Waals surface area contributed by atoms with Crippen molar-refractivity contribution in [2.75, 3.05) is 6.54 Å². The van der Waals surface area contributed by atoms with Crippen LogP contribution in [0, 0.1) is 0 Å². The Labute approximate surface area is 112 Å². The van der Waals surface area contributed by atoms with Gasteiger partial charge in [0.1, 0.15) is 0 Å². The summed E-state index contributed by atoms with van der Waals surface area (Å²) in [5, 5.41) is 3.57. The zero-order valence-electron chi connectivity index (χ0n) is 12.1. The van der Waals surface area contributed by atoms with Gasteiger partial charge in [0.2, 0.25) is 0 Å². The summed E-state index contributed by atoms with van der Waals surface area (Å²) in [6, 6.07) is 10.0. The summed E-state index contributed by atoms with van der Waals surface area (Å²) in [6.07, 6.45) is 6.62. The first-order valence-electron chi connectivity index (χ1n) is 7.38. The van der Waals surface area contributed by atoms with E-state index in [4.69, 9.17) is 0 Å². The Morgan fingerprint density at radius 2 is 1.72 bits per heavy atom. The van der Waals surface area contributed by atoms with Crippen molar-refractivity contribution >= 4 is 0 Å². The Bertz CT molecular complexity index is 354. The third-order valence-electron chi connectivity index (χ3n) is 3.72. The summed E-state index contributed by atoms with van der Waals surface area (Å²) >= 11 is 0. The molecule has 100 valence electrons. The van der Waals surface area contributed by atoms with Crippen molar-refractivity contribution in [3.63, 3.8) is 0 Å². The minimum Gasteiger partial charge on any atom is -0.314 e. The van der Waals surface area contributed by atoms with E-state index in [2.05, 4.69) is 50.4 Å². The van der Waals surface area contributed by atoms with E-state index < -0.39 is 0 Å². The van der Waals surface area contributed by atoms with Crippen LogP contribution in [0.5, 0.6) is 0 Å². The molecule has 0 aliphatic heterocycles. The maximum absolute atomic E-state index is 3.57. The molecule has 0 aromatic heterocycles. The summed E-state index contributed by atoms with van der Waals surface area (Å²) < 4.78 is 0. The van der Waals surface area contributed by atoms with Crippen molar-refractivity contribution in [2.45, 2.75) is 64.3 Å². The smallest absolute Gasteiger partial charge is 0.00682 e. The predicted octanol–water partition coefficient (Wildman–Crippen LogP) is 4.06. The van der Waals surface area contributed by atoms with E-state index in [1.807, 2.05) is 0 Å². The summed E-state index contributed by atoms with van der Waals surface area (Å²) in [4.78, 5) is 0. The molecule has 0 unspecified atom stereocenters. The van der Waals surface area contributed by atoms with E-state index in [1.165, 1.54) is 49.8 Å². The van der Waals surface area contributed by atoms with Crippen molar-refractivity contribution in [2.24, 2.45) is 0 Å². The van der Waals surface area contributed by atoms with Crippen LogP contribution in [0.15, 0.2) is 24.3 Å². The molecule has 0 amide bonds. The second-order valence-electron chi connectivity index (χ2n) is 6.63. The van der Waals surface area contributed by atoms with Crippen LogP contribution >= 0.6 is 0 Å². The van der Waals surface area contributed by atoms with E-state index >= 15 is 0 Å². The molecule has 18 heavy (non-hydrogen) atoms. The molecular weight excluding hydrogens is 218 g/mol. The number of nitrogens with one attached hydrogen (secondary N) is 1. The van der Waals surface area contributed by atoms with Gasteiger partial charge >= 0.3 is 0 Å². The lowest BCUT2D eigenvalue weighted by Crippen LogP contribution is -2.17. The molecule has 0 heterocycles. The molecule has 0 saturated heterocycles. The molecule has 1 nitrogen and oxygen atoms in total. The first-order chi connectivity index (χ1) is 8.55. The van der Waals surface area contributed by atoms with Crippen molar-refractivity contribution in [1.29, 1.82) is 0 Å². The van der Waals surface area contributed by atoms with Gasteiger partial charge in [0.25, 0.3) is 0 Å². The van der Waals surface area contributed by atoms with Crippen LogP contribution in [0.3, 0.4) is 0 Å². The lowest BCUT2D eigenvalue weighted by Gasteiger charge is -2.19. The van der Waals surface area contributed by atoms with Gasteiger partial charge in [-0.15, -0.1) is 0 Å². The van der Waals surface area contributed by atoms with Crippen molar-refractivity contribution in [3.05, 3.63) is 35.4 Å². The molecular formula is C17H27N. The molecule has 0 spiro atoms. The fourth-order valence-corrected chi connectivity index (χ4v) is 2.22. The topological polar surface area (TPSA) is 12.0 Å². The van der Waals surface area contributed by atoms with Crippen molar-refractivity contribution in [3.8, 4) is 0 Å². The maximum Gasteiger partial charge on any atom is 0.00682 e.